The van der Waals surface area contributed by atoms with Crippen LogP contribution in [-0.4, -0.2) is 40.4 Å². The third-order valence-corrected chi connectivity index (χ3v) is 7.29. The molecule has 0 spiro atoms. The molecule has 2 aromatic heterocycles. The van der Waals surface area contributed by atoms with E-state index in [9.17, 15) is 4.79 Å². The molecule has 0 bridgehead atoms. The van der Waals surface area contributed by atoms with E-state index >= 15 is 0 Å². The standard InChI is InChI=1S/C28H29ClN4O/c1-19-5-6-23(32-28(34)21-7-12-30-13-8-21)17-22(19)11-16-33-14-9-20(10-15-33)25-18-31-27-24(25)3-2-4-26(27)29/h2-8,12-13,17-18,20,31H,9-11,14-16H2,1H3,(H,32,34). The van der Waals surface area contributed by atoms with Gasteiger partial charge in [-0.25, -0.2) is 0 Å². The summed E-state index contributed by atoms with van der Waals surface area (Å²) in [7, 11) is 0. The van der Waals surface area contributed by atoms with Gasteiger partial charge in [-0.15, -0.1) is 0 Å². The van der Waals surface area contributed by atoms with Crippen molar-refractivity contribution >= 4 is 34.1 Å². The Bertz CT molecular complexity index is 1290. The van der Waals surface area contributed by atoms with Crippen LogP contribution in [0.25, 0.3) is 10.9 Å². The Labute approximate surface area is 205 Å². The summed E-state index contributed by atoms with van der Waals surface area (Å²) >= 11 is 6.35. The molecule has 1 aliphatic rings. The quantitative estimate of drug-likeness (QED) is 0.351. The number of aromatic nitrogens is 2. The van der Waals surface area contributed by atoms with Crippen molar-refractivity contribution in [3.63, 3.8) is 0 Å². The molecular formula is C28H29ClN4O. The molecule has 1 saturated heterocycles. The van der Waals surface area contributed by atoms with E-state index in [1.807, 2.05) is 18.2 Å². The maximum Gasteiger partial charge on any atom is 0.255 e. The summed E-state index contributed by atoms with van der Waals surface area (Å²) in [4.78, 5) is 22.4. The van der Waals surface area contributed by atoms with E-state index in [0.717, 1.165) is 55.1 Å². The molecule has 2 aromatic carbocycles. The minimum Gasteiger partial charge on any atom is -0.360 e. The molecule has 34 heavy (non-hydrogen) atoms. The van der Waals surface area contributed by atoms with Crippen molar-refractivity contribution in [1.29, 1.82) is 0 Å². The van der Waals surface area contributed by atoms with Gasteiger partial charge in [0.05, 0.1) is 10.5 Å². The minimum atomic E-state index is -0.113. The highest BCUT2D eigenvalue weighted by Gasteiger charge is 2.23. The van der Waals surface area contributed by atoms with Gasteiger partial charge in [0.2, 0.25) is 0 Å². The molecule has 0 atom stereocenters. The van der Waals surface area contributed by atoms with Crippen LogP contribution in [-0.2, 0) is 6.42 Å². The molecule has 174 valence electrons. The van der Waals surface area contributed by atoms with E-state index in [1.54, 1.807) is 24.5 Å². The molecule has 0 aliphatic carbocycles. The van der Waals surface area contributed by atoms with Gasteiger partial charge in [-0.3, -0.25) is 9.78 Å². The number of hydrogen-bond donors (Lipinski definition) is 2. The van der Waals surface area contributed by atoms with Gasteiger partial charge in [-0.2, -0.15) is 0 Å². The number of hydrogen-bond acceptors (Lipinski definition) is 3. The first kappa shape index (κ1) is 22.6. The molecule has 6 heteroatoms. The van der Waals surface area contributed by atoms with Crippen LogP contribution in [0.3, 0.4) is 0 Å². The number of aromatic amines is 1. The highest BCUT2D eigenvalue weighted by Crippen LogP contribution is 2.35. The van der Waals surface area contributed by atoms with Crippen molar-refractivity contribution in [3.8, 4) is 0 Å². The Morgan fingerprint density at radius 2 is 1.94 bits per heavy atom. The number of piperidine rings is 1. The van der Waals surface area contributed by atoms with Crippen LogP contribution in [0, 0.1) is 6.92 Å². The molecule has 5 nitrogen and oxygen atoms in total. The lowest BCUT2D eigenvalue weighted by molar-refractivity contribution is 0.102. The number of amides is 1. The van der Waals surface area contributed by atoms with E-state index in [4.69, 9.17) is 11.6 Å². The molecule has 3 heterocycles. The summed E-state index contributed by atoms with van der Waals surface area (Å²) in [5.41, 5.74) is 6.42. The van der Waals surface area contributed by atoms with Crippen molar-refractivity contribution in [1.82, 2.24) is 14.9 Å². The van der Waals surface area contributed by atoms with Crippen LogP contribution in [0.4, 0.5) is 5.69 Å². The van der Waals surface area contributed by atoms with Gasteiger partial charge in [-0.1, -0.05) is 29.8 Å². The van der Waals surface area contributed by atoms with Crippen molar-refractivity contribution in [2.75, 3.05) is 25.0 Å². The van der Waals surface area contributed by atoms with Crippen molar-refractivity contribution < 1.29 is 4.79 Å². The molecule has 1 amide bonds. The number of carbonyl (C=O) groups excluding carboxylic acids is 1. The summed E-state index contributed by atoms with van der Waals surface area (Å²) in [6, 6.07) is 15.8. The van der Waals surface area contributed by atoms with Gasteiger partial charge in [0, 0.05) is 41.8 Å². The maximum atomic E-state index is 12.5. The lowest BCUT2D eigenvalue weighted by atomic mass is 9.89. The van der Waals surface area contributed by atoms with Gasteiger partial charge < -0.3 is 15.2 Å². The van der Waals surface area contributed by atoms with E-state index in [2.05, 4.69) is 51.5 Å². The topological polar surface area (TPSA) is 61.0 Å². The average Bonchev–Trinajstić information content (AvgIpc) is 3.31. The largest absolute Gasteiger partial charge is 0.360 e. The smallest absolute Gasteiger partial charge is 0.255 e. The number of pyridine rings is 1. The van der Waals surface area contributed by atoms with Gasteiger partial charge >= 0.3 is 0 Å². The number of benzene rings is 2. The molecule has 0 unspecified atom stereocenters. The highest BCUT2D eigenvalue weighted by molar-refractivity contribution is 6.35. The van der Waals surface area contributed by atoms with Gasteiger partial charge in [0.25, 0.3) is 5.91 Å². The second-order valence-electron chi connectivity index (χ2n) is 9.10. The zero-order valence-corrected chi connectivity index (χ0v) is 20.1. The van der Waals surface area contributed by atoms with Crippen molar-refractivity contribution in [3.05, 3.63) is 94.4 Å². The van der Waals surface area contributed by atoms with Crippen molar-refractivity contribution in [2.24, 2.45) is 0 Å². The van der Waals surface area contributed by atoms with Crippen LogP contribution >= 0.6 is 11.6 Å². The number of nitrogens with zero attached hydrogens (tertiary/aromatic N) is 2. The Hall–Kier alpha value is -3.15. The molecule has 0 radical (unpaired) electrons. The molecular weight excluding hydrogens is 444 g/mol. The number of likely N-dealkylation sites (tertiary alicyclic amines) is 1. The fourth-order valence-electron chi connectivity index (χ4n) is 4.95. The number of fused-ring (bicyclic) bond motifs is 1. The lowest BCUT2D eigenvalue weighted by Gasteiger charge is -2.32. The lowest BCUT2D eigenvalue weighted by Crippen LogP contribution is -2.34. The average molecular weight is 473 g/mol. The fraction of sp³-hybridized carbons (Fsp3) is 0.286. The first-order valence-electron chi connectivity index (χ1n) is 11.9. The Balaban J connectivity index is 1.18. The number of para-hydroxylation sites is 1. The first-order valence-corrected chi connectivity index (χ1v) is 12.2. The van der Waals surface area contributed by atoms with Crippen LogP contribution in [0.15, 0.2) is 67.1 Å². The zero-order valence-electron chi connectivity index (χ0n) is 19.4. The second kappa shape index (κ2) is 10.00. The van der Waals surface area contributed by atoms with Crippen LogP contribution in [0.2, 0.25) is 5.02 Å². The molecule has 5 rings (SSSR count). The maximum absolute atomic E-state index is 12.5. The van der Waals surface area contributed by atoms with Crippen LogP contribution < -0.4 is 5.32 Å². The Morgan fingerprint density at radius 1 is 1.15 bits per heavy atom. The van der Waals surface area contributed by atoms with Crippen LogP contribution in [0.5, 0.6) is 0 Å². The Morgan fingerprint density at radius 3 is 2.74 bits per heavy atom. The van der Waals surface area contributed by atoms with Crippen LogP contribution in [0.1, 0.15) is 45.8 Å². The number of halogens is 1. The number of aryl methyl sites for hydroxylation is 1. The number of carbonyl (C=O) groups is 1. The van der Waals surface area contributed by atoms with E-state index < -0.39 is 0 Å². The van der Waals surface area contributed by atoms with Gasteiger partial charge in [-0.05, 0) is 92.2 Å². The third-order valence-electron chi connectivity index (χ3n) is 6.97. The normalized spacial score (nSPS) is 15.0. The number of anilines is 1. The summed E-state index contributed by atoms with van der Waals surface area (Å²) in [5, 5.41) is 5.06. The number of H-pyrrole nitrogens is 1. The Kier molecular flexibility index (Phi) is 6.66. The van der Waals surface area contributed by atoms with Gasteiger partial charge in [0.1, 0.15) is 0 Å². The predicted molar refractivity (Wildman–Crippen MR) is 139 cm³/mol. The molecule has 2 N–H and O–H groups in total. The second-order valence-corrected chi connectivity index (χ2v) is 9.51. The molecule has 0 saturated carbocycles. The number of nitrogens with one attached hydrogen (secondary N) is 2. The number of rotatable bonds is 6. The van der Waals surface area contributed by atoms with E-state index in [1.165, 1.54) is 22.1 Å². The zero-order chi connectivity index (χ0) is 23.5. The summed E-state index contributed by atoms with van der Waals surface area (Å²) in [6.07, 6.45) is 8.68. The first-order chi connectivity index (χ1) is 16.6. The predicted octanol–water partition coefficient (Wildman–Crippen LogP) is 6.20. The fourth-order valence-corrected chi connectivity index (χ4v) is 5.18. The highest BCUT2D eigenvalue weighted by atomic mass is 35.5. The summed E-state index contributed by atoms with van der Waals surface area (Å²) in [5.74, 6) is 0.453. The van der Waals surface area contributed by atoms with E-state index in [-0.39, 0.29) is 5.91 Å². The monoisotopic (exact) mass is 472 g/mol. The molecule has 4 aromatic rings. The van der Waals surface area contributed by atoms with Crippen molar-refractivity contribution in [2.45, 2.75) is 32.1 Å². The summed E-state index contributed by atoms with van der Waals surface area (Å²) in [6.45, 7) is 5.35. The van der Waals surface area contributed by atoms with Gasteiger partial charge in [0.15, 0.2) is 0 Å². The minimum absolute atomic E-state index is 0.113. The SMILES string of the molecule is Cc1ccc(NC(=O)c2ccncc2)cc1CCN1CCC(c2c[nH]c3c(Cl)cccc23)CC1. The molecule has 1 aliphatic heterocycles. The third kappa shape index (κ3) is 4.86. The summed E-state index contributed by atoms with van der Waals surface area (Å²) < 4.78 is 0. The molecule has 1 fully saturated rings. The van der Waals surface area contributed by atoms with E-state index in [0.29, 0.717) is 11.5 Å².